The number of amidine groups is 1. The minimum absolute atomic E-state index is 0.0939. The molecule has 6 rings (SSSR count). The summed E-state index contributed by atoms with van der Waals surface area (Å²) in [5.41, 5.74) is 14.6. The van der Waals surface area contributed by atoms with Crippen molar-refractivity contribution in [3.63, 3.8) is 0 Å². The zero-order chi connectivity index (χ0) is 34.3. The van der Waals surface area contributed by atoms with Crippen LogP contribution in [0.5, 0.6) is 0 Å². The van der Waals surface area contributed by atoms with Gasteiger partial charge in [-0.3, -0.25) is 4.99 Å². The van der Waals surface area contributed by atoms with Crippen LogP contribution in [0.1, 0.15) is 100 Å². The summed E-state index contributed by atoms with van der Waals surface area (Å²) in [6.45, 7) is 17.5. The van der Waals surface area contributed by atoms with Crippen LogP contribution in [0.25, 0.3) is 16.7 Å². The Kier molecular flexibility index (Phi) is 10.9. The van der Waals surface area contributed by atoms with E-state index in [9.17, 15) is 0 Å². The molecule has 1 aliphatic carbocycles. The van der Waals surface area contributed by atoms with Crippen molar-refractivity contribution >= 4 is 28.3 Å². The van der Waals surface area contributed by atoms with Crippen LogP contribution in [0.4, 0.5) is 0 Å². The van der Waals surface area contributed by atoms with E-state index in [1.54, 1.807) is 0 Å². The number of aliphatic imine (C=N–C) groups is 2. The van der Waals surface area contributed by atoms with Gasteiger partial charge in [-0.05, 0) is 89.4 Å². The third kappa shape index (κ3) is 7.09. The van der Waals surface area contributed by atoms with E-state index < -0.39 is 0 Å². The van der Waals surface area contributed by atoms with Crippen LogP contribution < -0.4 is 0 Å². The smallest absolute Gasteiger partial charge is 0.155 e. The minimum atomic E-state index is -0.124. The summed E-state index contributed by atoms with van der Waals surface area (Å²) in [5.74, 6) is 0.739. The summed E-state index contributed by atoms with van der Waals surface area (Å²) in [7, 11) is 0. The van der Waals surface area contributed by atoms with Crippen LogP contribution in [-0.4, -0.2) is 11.5 Å². The number of rotatable bonds is 7. The van der Waals surface area contributed by atoms with E-state index >= 15 is 0 Å². The highest BCUT2D eigenvalue weighted by atomic mass is 14.9. The Bertz CT molecular complexity index is 1970. The Hall–Kier alpha value is -5.08. The number of hydrogen-bond donors (Lipinski definition) is 0. The van der Waals surface area contributed by atoms with Crippen LogP contribution in [-0.2, 0) is 5.41 Å². The molecule has 0 spiro atoms. The highest BCUT2D eigenvalue weighted by Crippen LogP contribution is 2.52. The van der Waals surface area contributed by atoms with Gasteiger partial charge in [0.05, 0.1) is 6.04 Å². The quantitative estimate of drug-likeness (QED) is 0.0973. The summed E-state index contributed by atoms with van der Waals surface area (Å²) in [6.07, 6.45) is 0. The first-order valence-corrected chi connectivity index (χ1v) is 17.2. The highest BCUT2D eigenvalue weighted by molar-refractivity contribution is 6.11. The molecule has 242 valence electrons. The Balaban J connectivity index is 0.00000221. The Morgan fingerprint density at radius 3 is 1.73 bits per heavy atom. The second-order valence-electron chi connectivity index (χ2n) is 12.7. The SMILES string of the molecule is CC.CC(=NC(=NC(C)c1cccc(/C(C)=C(/C2=C(C)c3ccccc3C2(C)C)c2ccccc2)c1)c1ccccc1)c1ccccc1. The number of benzene rings is 5. The molecule has 0 aliphatic heterocycles. The maximum atomic E-state index is 5.23. The standard InChI is InChI=1S/C44H42N2.C2H6/c1-30(41(35-21-12-8-13-22-35)42-31(2)39-27-16-17-28-40(39)44(42,5)6)37-25-18-26-38(29-37)33(4)46-43(36-23-14-9-15-24-36)45-32(3)34-19-10-7-11-20-34;1-2/h7-29,33H,1-6H3;1-2H3/b41-30+,45-32?,46-43?;. The normalized spacial score (nSPS) is 15.2. The van der Waals surface area contributed by atoms with Crippen molar-refractivity contribution in [1.82, 2.24) is 0 Å². The Morgan fingerprint density at radius 2 is 1.12 bits per heavy atom. The van der Waals surface area contributed by atoms with E-state index in [-0.39, 0.29) is 11.5 Å². The molecule has 0 N–H and O–H groups in total. The fourth-order valence-electron chi connectivity index (χ4n) is 6.84. The van der Waals surface area contributed by atoms with Crippen molar-refractivity contribution < 1.29 is 0 Å². The second-order valence-corrected chi connectivity index (χ2v) is 12.7. The van der Waals surface area contributed by atoms with Crippen LogP contribution in [0.3, 0.4) is 0 Å². The van der Waals surface area contributed by atoms with Gasteiger partial charge in [-0.1, -0.05) is 161 Å². The van der Waals surface area contributed by atoms with Gasteiger partial charge in [-0.15, -0.1) is 0 Å². The van der Waals surface area contributed by atoms with Crippen molar-refractivity contribution in [1.29, 1.82) is 0 Å². The summed E-state index contributed by atoms with van der Waals surface area (Å²) in [6, 6.07) is 49.1. The van der Waals surface area contributed by atoms with Crippen LogP contribution >= 0.6 is 0 Å². The molecule has 5 aromatic rings. The van der Waals surface area contributed by atoms with E-state index in [4.69, 9.17) is 9.98 Å². The maximum absolute atomic E-state index is 5.23. The van der Waals surface area contributed by atoms with Gasteiger partial charge in [0, 0.05) is 16.7 Å². The molecule has 0 heterocycles. The van der Waals surface area contributed by atoms with E-state index in [1.165, 1.54) is 44.5 Å². The van der Waals surface area contributed by atoms with Gasteiger partial charge < -0.3 is 0 Å². The van der Waals surface area contributed by atoms with Gasteiger partial charge in [0.25, 0.3) is 0 Å². The molecule has 0 saturated heterocycles. The lowest BCUT2D eigenvalue weighted by atomic mass is 9.74. The van der Waals surface area contributed by atoms with E-state index in [0.29, 0.717) is 0 Å². The number of fused-ring (bicyclic) bond motifs is 1. The molecule has 1 atom stereocenters. The summed E-state index contributed by atoms with van der Waals surface area (Å²) in [4.78, 5) is 10.3. The first-order valence-electron chi connectivity index (χ1n) is 17.2. The molecule has 48 heavy (non-hydrogen) atoms. The van der Waals surface area contributed by atoms with Crippen molar-refractivity contribution in [2.24, 2.45) is 9.98 Å². The highest BCUT2D eigenvalue weighted by Gasteiger charge is 2.38. The van der Waals surface area contributed by atoms with Crippen LogP contribution in [0, 0.1) is 0 Å². The van der Waals surface area contributed by atoms with Gasteiger partial charge in [0.1, 0.15) is 0 Å². The lowest BCUT2D eigenvalue weighted by Crippen LogP contribution is -2.19. The van der Waals surface area contributed by atoms with Crippen molar-refractivity contribution in [2.75, 3.05) is 0 Å². The molecule has 0 fully saturated rings. The third-order valence-electron chi connectivity index (χ3n) is 9.31. The van der Waals surface area contributed by atoms with Gasteiger partial charge >= 0.3 is 0 Å². The van der Waals surface area contributed by atoms with E-state index in [2.05, 4.69) is 145 Å². The average Bonchev–Trinajstić information content (AvgIpc) is 3.34. The number of hydrogen-bond acceptors (Lipinski definition) is 1. The zero-order valence-corrected chi connectivity index (χ0v) is 29.8. The Morgan fingerprint density at radius 1 is 0.604 bits per heavy atom. The topological polar surface area (TPSA) is 24.7 Å². The minimum Gasteiger partial charge on any atom is -0.258 e. The fraction of sp³-hybridized carbons (Fsp3) is 0.217. The lowest BCUT2D eigenvalue weighted by Gasteiger charge is -2.29. The molecule has 0 radical (unpaired) electrons. The molecule has 2 nitrogen and oxygen atoms in total. The molecular weight excluding hydrogens is 581 g/mol. The molecule has 1 unspecified atom stereocenters. The first-order chi connectivity index (χ1) is 23.3. The first kappa shape index (κ1) is 34.3. The molecule has 2 heteroatoms. The molecule has 0 aromatic heterocycles. The molecule has 0 bridgehead atoms. The predicted octanol–water partition coefficient (Wildman–Crippen LogP) is 12.4. The Labute approximate surface area is 288 Å². The third-order valence-corrected chi connectivity index (χ3v) is 9.31. The molecule has 0 amide bonds. The van der Waals surface area contributed by atoms with Crippen molar-refractivity contribution in [3.8, 4) is 0 Å². The lowest BCUT2D eigenvalue weighted by molar-refractivity contribution is 0.658. The monoisotopic (exact) mass is 628 g/mol. The van der Waals surface area contributed by atoms with Gasteiger partial charge in [0.2, 0.25) is 0 Å². The second kappa shape index (κ2) is 15.2. The van der Waals surface area contributed by atoms with Gasteiger partial charge in [-0.2, -0.15) is 0 Å². The van der Waals surface area contributed by atoms with E-state index in [1.807, 2.05) is 50.2 Å². The average molecular weight is 629 g/mol. The summed E-state index contributed by atoms with van der Waals surface area (Å²) >= 11 is 0. The molecule has 0 saturated carbocycles. The van der Waals surface area contributed by atoms with Gasteiger partial charge in [0.15, 0.2) is 5.84 Å². The van der Waals surface area contributed by atoms with Crippen molar-refractivity contribution in [3.05, 3.63) is 184 Å². The van der Waals surface area contributed by atoms with Gasteiger partial charge in [-0.25, -0.2) is 4.99 Å². The van der Waals surface area contributed by atoms with Crippen LogP contribution in [0.2, 0.25) is 0 Å². The summed E-state index contributed by atoms with van der Waals surface area (Å²) < 4.78 is 0. The van der Waals surface area contributed by atoms with Crippen LogP contribution in [0.15, 0.2) is 155 Å². The molecular formula is C46H48N2. The molecule has 5 aromatic carbocycles. The summed E-state index contributed by atoms with van der Waals surface area (Å²) in [5, 5.41) is 0. The largest absolute Gasteiger partial charge is 0.258 e. The predicted molar refractivity (Wildman–Crippen MR) is 209 cm³/mol. The van der Waals surface area contributed by atoms with Crippen molar-refractivity contribution in [2.45, 2.75) is 66.8 Å². The van der Waals surface area contributed by atoms with E-state index in [0.717, 1.165) is 28.2 Å². The zero-order valence-electron chi connectivity index (χ0n) is 29.8. The number of nitrogens with zero attached hydrogens (tertiary/aromatic N) is 2. The fourth-order valence-corrected chi connectivity index (χ4v) is 6.84. The molecule has 1 aliphatic rings. The number of allylic oxidation sites excluding steroid dienone is 4. The maximum Gasteiger partial charge on any atom is 0.155 e.